The summed E-state index contributed by atoms with van der Waals surface area (Å²) in [7, 11) is 1.33. The van der Waals surface area contributed by atoms with Gasteiger partial charge in [-0.15, -0.1) is 0 Å². The van der Waals surface area contributed by atoms with Crippen molar-refractivity contribution in [1.82, 2.24) is 4.57 Å². The maximum absolute atomic E-state index is 13.7. The number of nitrogens with zero attached hydrogens (tertiary/aromatic N) is 2. The molecule has 3 heterocycles. The number of ether oxygens (including phenoxy) is 2. The lowest BCUT2D eigenvalue weighted by atomic mass is 9.96. The first-order valence-corrected chi connectivity index (χ1v) is 13.7. The molecule has 0 saturated carbocycles. The number of esters is 2. The Bertz CT molecular complexity index is 1780. The molecule has 39 heavy (non-hydrogen) atoms. The molecule has 4 aromatic rings. The van der Waals surface area contributed by atoms with Crippen LogP contribution in [0.5, 0.6) is 0 Å². The SMILES string of the molecule is CCOC(=O)C1=C(C)N=c2sc(=Cc3ccc(-c4ccc(C(=O)OC)cc4)o3)c(=O)n2C1c1ccc(Br)cc1. The number of halogens is 1. The van der Waals surface area contributed by atoms with Gasteiger partial charge in [-0.25, -0.2) is 14.6 Å². The van der Waals surface area contributed by atoms with E-state index in [9.17, 15) is 14.4 Å². The number of carbonyl (C=O) groups excluding carboxylic acids is 2. The standard InChI is InChI=1S/C29H23BrN2O6S/c1-4-37-28(35)24-16(2)31-29-32(25(24)18-9-11-20(30)12-10-18)26(33)23(39-29)15-21-13-14-22(38-21)17-5-7-19(8-6-17)27(34)36-3/h5-15,25H,4H2,1-3H3. The number of fused-ring (bicyclic) bond motifs is 1. The highest BCUT2D eigenvalue weighted by atomic mass is 79.9. The second-order valence-electron chi connectivity index (χ2n) is 8.62. The van der Waals surface area contributed by atoms with E-state index in [2.05, 4.69) is 20.9 Å². The van der Waals surface area contributed by atoms with Crippen LogP contribution in [-0.2, 0) is 14.3 Å². The molecule has 1 aliphatic rings. The van der Waals surface area contributed by atoms with Crippen molar-refractivity contribution in [3.05, 3.63) is 113 Å². The number of allylic oxidation sites excluding steroid dienone is 1. The van der Waals surface area contributed by atoms with E-state index in [-0.39, 0.29) is 12.2 Å². The molecule has 1 unspecified atom stereocenters. The van der Waals surface area contributed by atoms with E-state index in [4.69, 9.17) is 13.9 Å². The molecule has 5 rings (SSSR count). The zero-order valence-corrected chi connectivity index (χ0v) is 23.7. The maximum Gasteiger partial charge on any atom is 0.338 e. The summed E-state index contributed by atoms with van der Waals surface area (Å²) in [4.78, 5) is 43.5. The number of hydrogen-bond donors (Lipinski definition) is 0. The predicted molar refractivity (Wildman–Crippen MR) is 150 cm³/mol. The molecule has 2 aromatic heterocycles. The molecule has 10 heteroatoms. The van der Waals surface area contributed by atoms with Gasteiger partial charge >= 0.3 is 11.9 Å². The van der Waals surface area contributed by atoms with Gasteiger partial charge in [0.05, 0.1) is 41.1 Å². The molecule has 0 aliphatic carbocycles. The minimum Gasteiger partial charge on any atom is -0.465 e. The van der Waals surface area contributed by atoms with Crippen LogP contribution in [-0.4, -0.2) is 30.2 Å². The Morgan fingerprint density at radius 3 is 2.46 bits per heavy atom. The van der Waals surface area contributed by atoms with Crippen molar-refractivity contribution in [2.45, 2.75) is 19.9 Å². The molecule has 0 bridgehead atoms. The minimum absolute atomic E-state index is 0.208. The maximum atomic E-state index is 13.7. The highest BCUT2D eigenvalue weighted by Crippen LogP contribution is 2.31. The fourth-order valence-corrected chi connectivity index (χ4v) is 5.65. The summed E-state index contributed by atoms with van der Waals surface area (Å²) in [6, 6.07) is 17.2. The van der Waals surface area contributed by atoms with Gasteiger partial charge in [0.15, 0.2) is 4.80 Å². The number of benzene rings is 2. The Labute approximate surface area is 235 Å². The van der Waals surface area contributed by atoms with Gasteiger partial charge in [0.1, 0.15) is 11.5 Å². The van der Waals surface area contributed by atoms with Crippen LogP contribution >= 0.6 is 27.3 Å². The number of hydrogen-bond acceptors (Lipinski definition) is 8. The van der Waals surface area contributed by atoms with Crippen molar-refractivity contribution < 1.29 is 23.5 Å². The van der Waals surface area contributed by atoms with Crippen molar-refractivity contribution in [3.63, 3.8) is 0 Å². The fraction of sp³-hybridized carbons (Fsp3) is 0.172. The summed E-state index contributed by atoms with van der Waals surface area (Å²) in [5.41, 5.74) is 2.51. The molecule has 0 radical (unpaired) electrons. The largest absolute Gasteiger partial charge is 0.465 e. The zero-order valence-electron chi connectivity index (χ0n) is 21.3. The molecular weight excluding hydrogens is 584 g/mol. The molecule has 0 spiro atoms. The van der Waals surface area contributed by atoms with Crippen molar-refractivity contribution >= 4 is 45.3 Å². The quantitative estimate of drug-likeness (QED) is 0.297. The molecule has 0 saturated heterocycles. The van der Waals surface area contributed by atoms with Crippen molar-refractivity contribution in [1.29, 1.82) is 0 Å². The Morgan fingerprint density at radius 2 is 1.79 bits per heavy atom. The van der Waals surface area contributed by atoms with Gasteiger partial charge < -0.3 is 13.9 Å². The summed E-state index contributed by atoms with van der Waals surface area (Å²) in [5, 5.41) is 0. The van der Waals surface area contributed by atoms with E-state index in [0.29, 0.717) is 37.7 Å². The lowest BCUT2D eigenvalue weighted by Crippen LogP contribution is -2.39. The van der Waals surface area contributed by atoms with Gasteiger partial charge in [0.25, 0.3) is 5.56 Å². The highest BCUT2D eigenvalue weighted by molar-refractivity contribution is 9.10. The second-order valence-corrected chi connectivity index (χ2v) is 10.5. The van der Waals surface area contributed by atoms with Gasteiger partial charge in [-0.05, 0) is 55.8 Å². The zero-order chi connectivity index (χ0) is 27.7. The number of rotatable bonds is 6. The number of furan rings is 1. The average molecular weight is 607 g/mol. The first-order chi connectivity index (χ1) is 18.8. The Morgan fingerprint density at radius 1 is 1.08 bits per heavy atom. The Balaban J connectivity index is 1.57. The highest BCUT2D eigenvalue weighted by Gasteiger charge is 2.33. The summed E-state index contributed by atoms with van der Waals surface area (Å²) in [5.74, 6) is 0.141. The lowest BCUT2D eigenvalue weighted by molar-refractivity contribution is -0.139. The topological polar surface area (TPSA) is 100 Å². The number of methoxy groups -OCH3 is 1. The van der Waals surface area contributed by atoms with E-state index < -0.39 is 18.0 Å². The minimum atomic E-state index is -0.684. The number of thiazole rings is 1. The van der Waals surface area contributed by atoms with Crippen molar-refractivity contribution in [2.75, 3.05) is 13.7 Å². The summed E-state index contributed by atoms with van der Waals surface area (Å²) >= 11 is 4.67. The lowest BCUT2D eigenvalue weighted by Gasteiger charge is -2.24. The Hall–Kier alpha value is -4.02. The Kier molecular flexibility index (Phi) is 7.49. The average Bonchev–Trinajstić information content (AvgIpc) is 3.52. The first kappa shape index (κ1) is 26.6. The molecule has 198 valence electrons. The molecule has 8 nitrogen and oxygen atoms in total. The monoisotopic (exact) mass is 606 g/mol. The van der Waals surface area contributed by atoms with Crippen LogP contribution in [0.4, 0.5) is 0 Å². The molecule has 0 amide bonds. The molecule has 0 N–H and O–H groups in total. The molecule has 2 aromatic carbocycles. The van der Waals surface area contributed by atoms with Crippen LogP contribution < -0.4 is 14.9 Å². The normalized spacial score (nSPS) is 15.1. The van der Waals surface area contributed by atoms with Crippen LogP contribution in [0, 0.1) is 0 Å². The van der Waals surface area contributed by atoms with E-state index in [1.807, 2.05) is 24.3 Å². The van der Waals surface area contributed by atoms with Gasteiger partial charge in [0.2, 0.25) is 0 Å². The van der Waals surface area contributed by atoms with Gasteiger partial charge in [-0.2, -0.15) is 0 Å². The van der Waals surface area contributed by atoms with E-state index in [1.54, 1.807) is 56.3 Å². The van der Waals surface area contributed by atoms with Crippen molar-refractivity contribution in [3.8, 4) is 11.3 Å². The number of aromatic nitrogens is 1. The smallest absolute Gasteiger partial charge is 0.338 e. The van der Waals surface area contributed by atoms with Crippen LogP contribution in [0.2, 0.25) is 0 Å². The number of carbonyl (C=O) groups is 2. The summed E-state index contributed by atoms with van der Waals surface area (Å²) in [6.07, 6.45) is 1.66. The van der Waals surface area contributed by atoms with Crippen LogP contribution in [0.3, 0.4) is 0 Å². The van der Waals surface area contributed by atoms with Gasteiger partial charge in [-0.3, -0.25) is 9.36 Å². The van der Waals surface area contributed by atoms with Crippen LogP contribution in [0.15, 0.2) is 90.6 Å². The van der Waals surface area contributed by atoms with Crippen LogP contribution in [0.25, 0.3) is 17.4 Å². The molecule has 0 fully saturated rings. The second kappa shape index (κ2) is 11.0. The summed E-state index contributed by atoms with van der Waals surface area (Å²) < 4.78 is 18.9. The third kappa shape index (κ3) is 5.17. The molecular formula is C29H23BrN2O6S. The van der Waals surface area contributed by atoms with E-state index >= 15 is 0 Å². The molecule has 1 aliphatic heterocycles. The van der Waals surface area contributed by atoms with Crippen LogP contribution in [0.1, 0.15) is 41.6 Å². The van der Waals surface area contributed by atoms with Gasteiger partial charge in [0, 0.05) is 16.1 Å². The third-order valence-electron chi connectivity index (χ3n) is 6.19. The predicted octanol–water partition coefficient (Wildman–Crippen LogP) is 4.61. The van der Waals surface area contributed by atoms with E-state index in [0.717, 1.165) is 15.6 Å². The molecule has 1 atom stereocenters. The van der Waals surface area contributed by atoms with Gasteiger partial charge in [-0.1, -0.05) is 51.5 Å². The summed E-state index contributed by atoms with van der Waals surface area (Å²) in [6.45, 7) is 3.70. The first-order valence-electron chi connectivity index (χ1n) is 12.0. The third-order valence-corrected chi connectivity index (χ3v) is 7.71. The van der Waals surface area contributed by atoms with E-state index in [1.165, 1.54) is 23.0 Å². The fourth-order valence-electron chi connectivity index (χ4n) is 4.36. The van der Waals surface area contributed by atoms with Crippen molar-refractivity contribution in [2.24, 2.45) is 4.99 Å².